The Labute approximate surface area is 123 Å². The van der Waals surface area contributed by atoms with E-state index in [1.54, 1.807) is 0 Å². The lowest BCUT2D eigenvalue weighted by Crippen LogP contribution is -2.29. The van der Waals surface area contributed by atoms with E-state index in [-0.39, 0.29) is 18.4 Å². The average Bonchev–Trinajstić information content (AvgIpc) is 2.27. The van der Waals surface area contributed by atoms with Crippen LogP contribution in [0, 0.1) is 0 Å². The molecule has 0 radical (unpaired) electrons. The molecule has 0 fully saturated rings. The highest BCUT2D eigenvalue weighted by Crippen LogP contribution is 2.22. The molecule has 1 rings (SSSR count). The van der Waals surface area contributed by atoms with Crippen LogP contribution in [-0.2, 0) is 0 Å². The number of hydrogen-bond donors (Lipinski definition) is 2. The summed E-state index contributed by atoms with van der Waals surface area (Å²) in [5, 5.41) is 9.88. The molecule has 0 spiro atoms. The first-order chi connectivity index (χ1) is 8.33. The minimum Gasteiger partial charge on any atom is -0.544 e. The number of benzene rings is 1. The van der Waals surface area contributed by atoms with E-state index in [9.17, 15) is 5.11 Å². The van der Waals surface area contributed by atoms with Crippen molar-refractivity contribution in [2.45, 2.75) is 51.6 Å². The normalized spacial score (nSPS) is 14.4. The molecule has 0 unspecified atom stereocenters. The molecular weight excluding hydrogens is 278 g/mol. The lowest BCUT2D eigenvalue weighted by atomic mass is 9.99. The Morgan fingerprint density at radius 1 is 1.21 bits per heavy atom. The lowest BCUT2D eigenvalue weighted by Gasteiger charge is -2.21. The Hall–Kier alpha value is -0.553. The lowest BCUT2D eigenvalue weighted by molar-refractivity contribution is 0.134. The number of halogens is 1. The molecule has 1 aromatic rings. The molecule has 1 aromatic carbocycles. The fraction of sp³-hybridized carbons (Fsp3) is 0.571. The van der Waals surface area contributed by atoms with Crippen molar-refractivity contribution in [3.05, 3.63) is 29.8 Å². The third-order valence-electron chi connectivity index (χ3n) is 2.69. The van der Waals surface area contributed by atoms with Crippen LogP contribution in [-0.4, -0.2) is 19.5 Å². The van der Waals surface area contributed by atoms with Crippen molar-refractivity contribution in [2.75, 3.05) is 0 Å². The maximum atomic E-state index is 9.88. The summed E-state index contributed by atoms with van der Waals surface area (Å²) in [4.78, 5) is 0. The molecule has 3 N–H and O–H groups in total. The van der Waals surface area contributed by atoms with Gasteiger partial charge in [0.25, 0.3) is 0 Å². The molecule has 0 amide bonds. The van der Waals surface area contributed by atoms with Gasteiger partial charge in [-0.3, -0.25) is 0 Å². The summed E-state index contributed by atoms with van der Waals surface area (Å²) >= 11 is 0. The van der Waals surface area contributed by atoms with Crippen molar-refractivity contribution in [3.8, 4) is 5.75 Å². The standard InChI is InChI=1S/C14H25NO2Si.ClH/c1-5-6-13(16)14(15)11-7-9-12(10-8-11)17-18(2,3)4;/h7-10,13-14,16H,5-6,15H2,1-4H3;1H/t13-,14+;/m0./s1. The smallest absolute Gasteiger partial charge is 0.242 e. The second-order valence-corrected chi connectivity index (χ2v) is 10.1. The molecule has 0 saturated heterocycles. The summed E-state index contributed by atoms with van der Waals surface area (Å²) in [5.74, 6) is 0.884. The zero-order valence-corrected chi connectivity index (χ0v) is 14.0. The van der Waals surface area contributed by atoms with Gasteiger partial charge < -0.3 is 15.3 Å². The van der Waals surface area contributed by atoms with E-state index in [2.05, 4.69) is 19.6 Å². The van der Waals surface area contributed by atoms with Crippen LogP contribution in [0.4, 0.5) is 0 Å². The molecule has 0 saturated carbocycles. The van der Waals surface area contributed by atoms with E-state index in [0.29, 0.717) is 0 Å². The molecule has 0 aliphatic rings. The quantitative estimate of drug-likeness (QED) is 0.791. The van der Waals surface area contributed by atoms with E-state index >= 15 is 0 Å². The third-order valence-corrected chi connectivity index (χ3v) is 3.54. The largest absolute Gasteiger partial charge is 0.544 e. The van der Waals surface area contributed by atoms with Crippen LogP contribution in [0.5, 0.6) is 5.75 Å². The minimum atomic E-state index is -1.56. The second-order valence-electron chi connectivity index (χ2n) is 5.67. The summed E-state index contributed by atoms with van der Waals surface area (Å²) in [6.45, 7) is 8.49. The van der Waals surface area contributed by atoms with Gasteiger partial charge in [-0.25, -0.2) is 0 Å². The van der Waals surface area contributed by atoms with Crippen molar-refractivity contribution in [1.29, 1.82) is 0 Å². The highest BCUT2D eigenvalue weighted by atomic mass is 35.5. The predicted molar refractivity (Wildman–Crippen MR) is 85.5 cm³/mol. The number of nitrogens with two attached hydrogens (primary N) is 1. The Morgan fingerprint density at radius 3 is 2.16 bits per heavy atom. The van der Waals surface area contributed by atoms with Gasteiger partial charge in [0.05, 0.1) is 12.1 Å². The van der Waals surface area contributed by atoms with Gasteiger partial charge in [0, 0.05) is 0 Å². The number of aliphatic hydroxyl groups excluding tert-OH is 1. The first-order valence-corrected chi connectivity index (χ1v) is 9.97. The van der Waals surface area contributed by atoms with E-state index in [1.165, 1.54) is 0 Å². The highest BCUT2D eigenvalue weighted by Gasteiger charge is 2.18. The molecule has 110 valence electrons. The van der Waals surface area contributed by atoms with E-state index in [0.717, 1.165) is 24.2 Å². The van der Waals surface area contributed by atoms with Gasteiger partial charge in [-0.1, -0.05) is 25.5 Å². The predicted octanol–water partition coefficient (Wildman–Crippen LogP) is 3.48. The monoisotopic (exact) mass is 303 g/mol. The first-order valence-electron chi connectivity index (χ1n) is 6.56. The Morgan fingerprint density at radius 2 is 1.74 bits per heavy atom. The molecule has 0 aliphatic heterocycles. The van der Waals surface area contributed by atoms with Crippen LogP contribution < -0.4 is 10.2 Å². The van der Waals surface area contributed by atoms with Crippen LogP contribution in [0.15, 0.2) is 24.3 Å². The van der Waals surface area contributed by atoms with Crippen LogP contribution in [0.3, 0.4) is 0 Å². The summed E-state index contributed by atoms with van der Waals surface area (Å²) < 4.78 is 5.88. The van der Waals surface area contributed by atoms with Crippen LogP contribution in [0.2, 0.25) is 19.6 Å². The summed E-state index contributed by atoms with van der Waals surface area (Å²) in [5.41, 5.74) is 6.98. The van der Waals surface area contributed by atoms with E-state index in [1.807, 2.05) is 31.2 Å². The molecule has 0 aromatic heterocycles. The zero-order chi connectivity index (χ0) is 13.8. The summed E-state index contributed by atoms with van der Waals surface area (Å²) in [6.07, 6.45) is 1.19. The molecule has 0 bridgehead atoms. The van der Waals surface area contributed by atoms with Gasteiger partial charge >= 0.3 is 0 Å². The SMILES string of the molecule is CCC[C@H](O)[C@H](N)c1ccc(O[Si](C)(C)C)cc1.Cl. The first kappa shape index (κ1) is 18.4. The molecule has 3 nitrogen and oxygen atoms in total. The van der Waals surface area contributed by atoms with Crippen molar-refractivity contribution in [3.63, 3.8) is 0 Å². The van der Waals surface area contributed by atoms with Gasteiger partial charge in [-0.2, -0.15) is 0 Å². The molecular formula is C14H26ClNO2Si. The van der Waals surface area contributed by atoms with Gasteiger partial charge in [0.2, 0.25) is 8.32 Å². The van der Waals surface area contributed by atoms with Crippen molar-refractivity contribution >= 4 is 20.7 Å². The van der Waals surface area contributed by atoms with Gasteiger partial charge in [-0.05, 0) is 43.8 Å². The van der Waals surface area contributed by atoms with Crippen molar-refractivity contribution < 1.29 is 9.53 Å². The number of aliphatic hydroxyl groups is 1. The van der Waals surface area contributed by atoms with E-state index < -0.39 is 14.4 Å². The van der Waals surface area contributed by atoms with Gasteiger partial charge in [0.15, 0.2) is 0 Å². The summed E-state index contributed by atoms with van der Waals surface area (Å²) in [6, 6.07) is 7.45. The van der Waals surface area contributed by atoms with Crippen molar-refractivity contribution in [2.24, 2.45) is 5.73 Å². The molecule has 19 heavy (non-hydrogen) atoms. The Bertz CT molecular complexity index is 365. The molecule has 2 atom stereocenters. The van der Waals surface area contributed by atoms with Crippen LogP contribution >= 0.6 is 12.4 Å². The average molecular weight is 304 g/mol. The molecule has 0 heterocycles. The Kier molecular flexibility index (Phi) is 7.67. The second kappa shape index (κ2) is 7.90. The topological polar surface area (TPSA) is 55.5 Å². The van der Waals surface area contributed by atoms with Crippen LogP contribution in [0.25, 0.3) is 0 Å². The third kappa shape index (κ3) is 6.43. The maximum Gasteiger partial charge on any atom is 0.242 e. The van der Waals surface area contributed by atoms with Gasteiger partial charge in [0.1, 0.15) is 5.75 Å². The molecule has 5 heteroatoms. The summed E-state index contributed by atoms with van der Waals surface area (Å²) in [7, 11) is -1.56. The zero-order valence-electron chi connectivity index (χ0n) is 12.2. The molecule has 0 aliphatic carbocycles. The Balaban J connectivity index is 0.00000324. The van der Waals surface area contributed by atoms with Crippen molar-refractivity contribution in [1.82, 2.24) is 0 Å². The number of rotatable bonds is 6. The number of hydrogen-bond acceptors (Lipinski definition) is 3. The minimum absolute atomic E-state index is 0. The fourth-order valence-corrected chi connectivity index (χ4v) is 2.65. The van der Waals surface area contributed by atoms with Gasteiger partial charge in [-0.15, -0.1) is 12.4 Å². The maximum absolute atomic E-state index is 9.88. The van der Waals surface area contributed by atoms with E-state index in [4.69, 9.17) is 10.2 Å². The highest BCUT2D eigenvalue weighted by molar-refractivity contribution is 6.70. The van der Waals surface area contributed by atoms with Crippen LogP contribution in [0.1, 0.15) is 31.4 Å². The fourth-order valence-electron chi connectivity index (χ4n) is 1.81.